The largest absolute Gasteiger partial charge is 0.314 e. The first-order valence-electron chi connectivity index (χ1n) is 7.88. The third kappa shape index (κ3) is 4.52. The maximum atomic E-state index is 3.66. The zero-order valence-corrected chi connectivity index (χ0v) is 12.3. The zero-order chi connectivity index (χ0) is 12.8. The van der Waals surface area contributed by atoms with E-state index >= 15 is 0 Å². The Morgan fingerprint density at radius 3 is 2.78 bits per heavy atom. The van der Waals surface area contributed by atoms with E-state index in [0.29, 0.717) is 0 Å². The summed E-state index contributed by atoms with van der Waals surface area (Å²) in [7, 11) is 4.44. The van der Waals surface area contributed by atoms with Gasteiger partial charge in [-0.05, 0) is 72.3 Å². The van der Waals surface area contributed by atoms with Gasteiger partial charge < -0.3 is 15.1 Å². The maximum absolute atomic E-state index is 3.66. The number of likely N-dealkylation sites (tertiary alicyclic amines) is 1. The highest BCUT2D eigenvalue weighted by Crippen LogP contribution is 2.16. The quantitative estimate of drug-likeness (QED) is 0.808. The lowest BCUT2D eigenvalue weighted by Crippen LogP contribution is -2.45. The van der Waals surface area contributed by atoms with Crippen LogP contribution >= 0.6 is 0 Å². The van der Waals surface area contributed by atoms with Crippen LogP contribution in [0.15, 0.2) is 0 Å². The fourth-order valence-electron chi connectivity index (χ4n) is 3.39. The molecule has 0 saturated carbocycles. The summed E-state index contributed by atoms with van der Waals surface area (Å²) in [4.78, 5) is 5.08. The number of nitrogens with one attached hydrogen (secondary N) is 1. The number of likely N-dealkylation sites (N-methyl/N-ethyl adjacent to an activating group) is 1. The molecule has 0 radical (unpaired) electrons. The predicted octanol–water partition coefficient (Wildman–Crippen LogP) is 1.93. The van der Waals surface area contributed by atoms with Crippen LogP contribution in [-0.4, -0.2) is 62.2 Å². The monoisotopic (exact) mass is 253 g/mol. The van der Waals surface area contributed by atoms with Crippen LogP contribution in [0.1, 0.15) is 44.9 Å². The molecule has 18 heavy (non-hydrogen) atoms. The van der Waals surface area contributed by atoms with E-state index in [9.17, 15) is 0 Å². The first kappa shape index (κ1) is 14.3. The molecule has 3 nitrogen and oxygen atoms in total. The fourth-order valence-corrected chi connectivity index (χ4v) is 3.39. The first-order chi connectivity index (χ1) is 8.75. The van der Waals surface area contributed by atoms with Gasteiger partial charge in [-0.1, -0.05) is 6.42 Å². The van der Waals surface area contributed by atoms with Gasteiger partial charge in [-0.15, -0.1) is 0 Å². The molecule has 0 bridgehead atoms. The molecule has 0 spiro atoms. The summed E-state index contributed by atoms with van der Waals surface area (Å²) in [5.74, 6) is 0. The van der Waals surface area contributed by atoms with Gasteiger partial charge in [0.2, 0.25) is 0 Å². The minimum absolute atomic E-state index is 0.784. The van der Waals surface area contributed by atoms with Crippen LogP contribution in [0, 0.1) is 0 Å². The smallest absolute Gasteiger partial charge is 0.0217 e. The van der Waals surface area contributed by atoms with Gasteiger partial charge in [0.25, 0.3) is 0 Å². The van der Waals surface area contributed by atoms with E-state index in [4.69, 9.17) is 0 Å². The van der Waals surface area contributed by atoms with Crippen molar-refractivity contribution in [2.45, 2.75) is 57.0 Å². The Morgan fingerprint density at radius 2 is 2.06 bits per heavy atom. The molecule has 0 aliphatic carbocycles. The van der Waals surface area contributed by atoms with E-state index in [-0.39, 0.29) is 0 Å². The molecule has 2 aliphatic rings. The molecule has 0 amide bonds. The molecule has 0 aromatic rings. The van der Waals surface area contributed by atoms with E-state index < -0.39 is 0 Å². The second-order valence-electron chi connectivity index (χ2n) is 6.35. The van der Waals surface area contributed by atoms with Gasteiger partial charge in [0.05, 0.1) is 0 Å². The minimum Gasteiger partial charge on any atom is -0.314 e. The highest BCUT2D eigenvalue weighted by Gasteiger charge is 2.21. The first-order valence-corrected chi connectivity index (χ1v) is 7.88. The van der Waals surface area contributed by atoms with Gasteiger partial charge >= 0.3 is 0 Å². The van der Waals surface area contributed by atoms with Gasteiger partial charge in [-0.3, -0.25) is 0 Å². The van der Waals surface area contributed by atoms with E-state index in [1.807, 2.05) is 0 Å². The molecule has 2 fully saturated rings. The number of piperidine rings is 2. The van der Waals surface area contributed by atoms with Crippen LogP contribution < -0.4 is 5.32 Å². The van der Waals surface area contributed by atoms with Gasteiger partial charge in [-0.2, -0.15) is 0 Å². The van der Waals surface area contributed by atoms with Crippen molar-refractivity contribution in [1.29, 1.82) is 0 Å². The maximum Gasteiger partial charge on any atom is 0.0217 e. The van der Waals surface area contributed by atoms with Crippen LogP contribution in [0.25, 0.3) is 0 Å². The van der Waals surface area contributed by atoms with Crippen molar-refractivity contribution in [2.24, 2.45) is 0 Å². The Hall–Kier alpha value is -0.120. The van der Waals surface area contributed by atoms with E-state index in [2.05, 4.69) is 29.2 Å². The van der Waals surface area contributed by atoms with Crippen molar-refractivity contribution in [3.8, 4) is 0 Å². The molecule has 2 aliphatic heterocycles. The number of hydrogen-bond acceptors (Lipinski definition) is 3. The summed E-state index contributed by atoms with van der Waals surface area (Å²) in [5.41, 5.74) is 0. The SMILES string of the molecule is CN(C)C1CCCN(CCCC2CCCCN2)C1. The molecule has 0 aromatic heterocycles. The van der Waals surface area contributed by atoms with E-state index in [1.165, 1.54) is 71.1 Å². The number of nitrogens with zero attached hydrogens (tertiary/aromatic N) is 2. The van der Waals surface area contributed by atoms with E-state index in [1.54, 1.807) is 0 Å². The molecule has 3 heteroatoms. The lowest BCUT2D eigenvalue weighted by Gasteiger charge is -2.36. The molecule has 2 rings (SSSR count). The lowest BCUT2D eigenvalue weighted by molar-refractivity contribution is 0.130. The van der Waals surface area contributed by atoms with Crippen LogP contribution in [0.3, 0.4) is 0 Å². The summed E-state index contributed by atoms with van der Waals surface area (Å²) in [6, 6.07) is 1.60. The van der Waals surface area contributed by atoms with E-state index in [0.717, 1.165) is 12.1 Å². The van der Waals surface area contributed by atoms with Gasteiger partial charge in [-0.25, -0.2) is 0 Å². The molecule has 2 unspecified atom stereocenters. The zero-order valence-electron chi connectivity index (χ0n) is 12.3. The average Bonchev–Trinajstić information content (AvgIpc) is 2.40. The molecule has 106 valence electrons. The van der Waals surface area contributed by atoms with Crippen LogP contribution in [0.5, 0.6) is 0 Å². The van der Waals surface area contributed by atoms with Crippen molar-refractivity contribution >= 4 is 0 Å². The van der Waals surface area contributed by atoms with Crippen LogP contribution in [-0.2, 0) is 0 Å². The van der Waals surface area contributed by atoms with Crippen LogP contribution in [0.4, 0.5) is 0 Å². The van der Waals surface area contributed by atoms with Crippen molar-refractivity contribution in [3.05, 3.63) is 0 Å². The van der Waals surface area contributed by atoms with Crippen LogP contribution in [0.2, 0.25) is 0 Å². The molecular weight excluding hydrogens is 222 g/mol. The second kappa shape index (κ2) is 7.46. The Labute approximate surface area is 113 Å². The Kier molecular flexibility index (Phi) is 5.93. The summed E-state index contributed by atoms with van der Waals surface area (Å²) in [5, 5.41) is 3.66. The molecule has 2 heterocycles. The fraction of sp³-hybridized carbons (Fsp3) is 1.00. The molecule has 0 aromatic carbocycles. The normalized spacial score (nSPS) is 30.8. The Bertz CT molecular complexity index is 224. The highest BCUT2D eigenvalue weighted by atomic mass is 15.2. The van der Waals surface area contributed by atoms with Gasteiger partial charge in [0.15, 0.2) is 0 Å². The Morgan fingerprint density at radius 1 is 1.17 bits per heavy atom. The summed E-state index contributed by atoms with van der Waals surface area (Å²) in [6.45, 7) is 5.16. The standard InChI is InChI=1S/C15H31N3/c1-17(2)15-9-6-12-18(13-15)11-5-8-14-7-3-4-10-16-14/h14-16H,3-13H2,1-2H3. The number of hydrogen-bond donors (Lipinski definition) is 1. The second-order valence-corrected chi connectivity index (χ2v) is 6.35. The lowest BCUT2D eigenvalue weighted by atomic mass is 9.99. The third-order valence-electron chi connectivity index (χ3n) is 4.65. The Balaban J connectivity index is 1.60. The highest BCUT2D eigenvalue weighted by molar-refractivity contribution is 4.79. The summed E-state index contributed by atoms with van der Waals surface area (Å²) in [6.07, 6.45) is 9.73. The minimum atomic E-state index is 0.784. The topological polar surface area (TPSA) is 18.5 Å². The van der Waals surface area contributed by atoms with Crippen molar-refractivity contribution in [2.75, 3.05) is 40.3 Å². The summed E-state index contributed by atoms with van der Waals surface area (Å²) < 4.78 is 0. The van der Waals surface area contributed by atoms with Gasteiger partial charge in [0.1, 0.15) is 0 Å². The van der Waals surface area contributed by atoms with Crippen molar-refractivity contribution in [3.63, 3.8) is 0 Å². The number of rotatable bonds is 5. The van der Waals surface area contributed by atoms with Crippen molar-refractivity contribution in [1.82, 2.24) is 15.1 Å². The molecule has 2 atom stereocenters. The summed E-state index contributed by atoms with van der Waals surface area (Å²) >= 11 is 0. The molecule has 2 saturated heterocycles. The predicted molar refractivity (Wildman–Crippen MR) is 78.0 cm³/mol. The molecule has 1 N–H and O–H groups in total. The van der Waals surface area contributed by atoms with Crippen molar-refractivity contribution < 1.29 is 0 Å². The average molecular weight is 253 g/mol. The van der Waals surface area contributed by atoms with Gasteiger partial charge in [0, 0.05) is 18.6 Å². The molecular formula is C15H31N3. The third-order valence-corrected chi connectivity index (χ3v) is 4.65.